The molecule has 1 heteroatoms. The lowest BCUT2D eigenvalue weighted by molar-refractivity contribution is 0.364. The molecule has 0 saturated carbocycles. The molecule has 1 nitrogen and oxygen atoms in total. The lowest BCUT2D eigenvalue weighted by Crippen LogP contribution is -2.31. The quantitative estimate of drug-likeness (QED) is 0.738. The Morgan fingerprint density at radius 1 is 1.31 bits per heavy atom. The fourth-order valence-electron chi connectivity index (χ4n) is 2.45. The summed E-state index contributed by atoms with van der Waals surface area (Å²) in [5.74, 6) is 0.346. The molecule has 1 atom stereocenters. The highest BCUT2D eigenvalue weighted by atomic mass is 14.4. The van der Waals surface area contributed by atoms with Crippen molar-refractivity contribution >= 4 is 0 Å². The van der Waals surface area contributed by atoms with Gasteiger partial charge in [0.15, 0.2) is 0 Å². The van der Waals surface area contributed by atoms with Gasteiger partial charge in [0.1, 0.15) is 0 Å². The van der Waals surface area contributed by atoms with Crippen LogP contribution in [0.2, 0.25) is 0 Å². The van der Waals surface area contributed by atoms with Gasteiger partial charge in [0, 0.05) is 0 Å². The Morgan fingerprint density at radius 3 is 2.38 bits per heavy atom. The SMILES string of the molecule is CCCC(C#N)(c1ccccc1C)C(C)C. The summed E-state index contributed by atoms with van der Waals surface area (Å²) in [4.78, 5) is 0. The summed E-state index contributed by atoms with van der Waals surface area (Å²) in [6.07, 6.45) is 1.98. The third kappa shape index (κ3) is 2.11. The fraction of sp³-hybridized carbons (Fsp3) is 0.533. The molecule has 0 heterocycles. The van der Waals surface area contributed by atoms with Gasteiger partial charge in [0.25, 0.3) is 0 Å². The highest BCUT2D eigenvalue weighted by Crippen LogP contribution is 2.37. The molecule has 0 N–H and O–H groups in total. The third-order valence-electron chi connectivity index (χ3n) is 3.46. The van der Waals surface area contributed by atoms with E-state index in [1.165, 1.54) is 11.1 Å². The molecule has 0 radical (unpaired) electrons. The number of rotatable bonds is 4. The molecule has 86 valence electrons. The van der Waals surface area contributed by atoms with Gasteiger partial charge in [-0.05, 0) is 30.4 Å². The minimum absolute atomic E-state index is 0.319. The Morgan fingerprint density at radius 2 is 1.94 bits per heavy atom. The van der Waals surface area contributed by atoms with Crippen molar-refractivity contribution in [1.82, 2.24) is 0 Å². The first-order chi connectivity index (χ1) is 7.58. The predicted octanol–water partition coefficient (Wildman–Crippen LogP) is 4.21. The maximum absolute atomic E-state index is 9.61. The zero-order valence-corrected chi connectivity index (χ0v) is 10.7. The molecule has 1 aromatic rings. The molecule has 0 aromatic heterocycles. The van der Waals surface area contributed by atoms with Gasteiger partial charge < -0.3 is 0 Å². The minimum atomic E-state index is -0.319. The Balaban J connectivity index is 3.32. The van der Waals surface area contributed by atoms with E-state index in [0.29, 0.717) is 5.92 Å². The molecule has 1 rings (SSSR count). The van der Waals surface area contributed by atoms with E-state index in [4.69, 9.17) is 0 Å². The predicted molar refractivity (Wildman–Crippen MR) is 68.2 cm³/mol. The Kier molecular flexibility index (Phi) is 4.12. The minimum Gasteiger partial charge on any atom is -0.197 e. The number of nitrogens with zero attached hydrogens (tertiary/aromatic N) is 1. The molecule has 0 aliphatic carbocycles. The van der Waals surface area contributed by atoms with Gasteiger partial charge >= 0.3 is 0 Å². The van der Waals surface area contributed by atoms with E-state index in [0.717, 1.165) is 12.8 Å². The maximum Gasteiger partial charge on any atom is 0.0847 e. The zero-order valence-electron chi connectivity index (χ0n) is 10.7. The Bertz CT molecular complexity index is 387. The molecular weight excluding hydrogens is 194 g/mol. The lowest BCUT2D eigenvalue weighted by atomic mass is 9.68. The molecule has 1 unspecified atom stereocenters. The van der Waals surface area contributed by atoms with Crippen molar-refractivity contribution in [2.45, 2.75) is 46.0 Å². The first kappa shape index (κ1) is 12.8. The van der Waals surface area contributed by atoms with Crippen LogP contribution >= 0.6 is 0 Å². The van der Waals surface area contributed by atoms with E-state index >= 15 is 0 Å². The lowest BCUT2D eigenvalue weighted by Gasteiger charge is -2.32. The van der Waals surface area contributed by atoms with Gasteiger partial charge in [0.05, 0.1) is 11.5 Å². The smallest absolute Gasteiger partial charge is 0.0847 e. The summed E-state index contributed by atoms with van der Waals surface area (Å²) in [6.45, 7) is 8.53. The molecule has 0 amide bonds. The second-order valence-corrected chi connectivity index (χ2v) is 4.80. The number of hydrogen-bond acceptors (Lipinski definition) is 1. The van der Waals surface area contributed by atoms with Crippen molar-refractivity contribution in [2.24, 2.45) is 5.92 Å². The molecular formula is C15H21N. The fourth-order valence-corrected chi connectivity index (χ4v) is 2.45. The van der Waals surface area contributed by atoms with Crippen LogP contribution in [0.25, 0.3) is 0 Å². The van der Waals surface area contributed by atoms with Crippen molar-refractivity contribution in [3.8, 4) is 6.07 Å². The van der Waals surface area contributed by atoms with Crippen LogP contribution in [0.1, 0.15) is 44.7 Å². The largest absolute Gasteiger partial charge is 0.197 e. The third-order valence-corrected chi connectivity index (χ3v) is 3.46. The van der Waals surface area contributed by atoms with E-state index in [1.54, 1.807) is 0 Å². The molecule has 0 spiro atoms. The van der Waals surface area contributed by atoms with Gasteiger partial charge in [-0.2, -0.15) is 5.26 Å². The first-order valence-corrected chi connectivity index (χ1v) is 6.05. The molecule has 1 aromatic carbocycles. The molecule has 0 aliphatic rings. The average molecular weight is 215 g/mol. The summed E-state index contributed by atoms with van der Waals surface area (Å²) in [5.41, 5.74) is 2.11. The van der Waals surface area contributed by atoms with E-state index in [9.17, 15) is 5.26 Å². The number of nitriles is 1. The van der Waals surface area contributed by atoms with Crippen LogP contribution in [0, 0.1) is 24.2 Å². The number of benzene rings is 1. The second-order valence-electron chi connectivity index (χ2n) is 4.80. The van der Waals surface area contributed by atoms with Gasteiger partial charge in [-0.3, -0.25) is 0 Å². The van der Waals surface area contributed by atoms with Crippen LogP contribution in [0.5, 0.6) is 0 Å². The van der Waals surface area contributed by atoms with Crippen molar-refractivity contribution in [3.63, 3.8) is 0 Å². The monoisotopic (exact) mass is 215 g/mol. The number of aryl methyl sites for hydroxylation is 1. The molecule has 16 heavy (non-hydrogen) atoms. The van der Waals surface area contributed by atoms with Gasteiger partial charge in [0.2, 0.25) is 0 Å². The second kappa shape index (κ2) is 5.16. The van der Waals surface area contributed by atoms with Crippen molar-refractivity contribution in [3.05, 3.63) is 35.4 Å². The Labute approximate surface area is 99.1 Å². The van der Waals surface area contributed by atoms with Crippen LogP contribution < -0.4 is 0 Å². The van der Waals surface area contributed by atoms with E-state index in [2.05, 4.69) is 45.9 Å². The van der Waals surface area contributed by atoms with Crippen LogP contribution in [-0.2, 0) is 5.41 Å². The summed E-state index contributed by atoms with van der Waals surface area (Å²) in [5, 5.41) is 9.61. The van der Waals surface area contributed by atoms with E-state index < -0.39 is 0 Å². The van der Waals surface area contributed by atoms with Gasteiger partial charge in [-0.25, -0.2) is 0 Å². The maximum atomic E-state index is 9.61. The van der Waals surface area contributed by atoms with Crippen molar-refractivity contribution in [2.75, 3.05) is 0 Å². The average Bonchev–Trinajstić information content (AvgIpc) is 2.26. The van der Waals surface area contributed by atoms with Gasteiger partial charge in [-0.1, -0.05) is 51.5 Å². The highest BCUT2D eigenvalue weighted by molar-refractivity contribution is 5.39. The molecule has 0 bridgehead atoms. The molecule has 0 aliphatic heterocycles. The summed E-state index contributed by atoms with van der Waals surface area (Å²) >= 11 is 0. The molecule has 0 fully saturated rings. The molecule has 0 saturated heterocycles. The van der Waals surface area contributed by atoms with E-state index in [1.807, 2.05) is 12.1 Å². The summed E-state index contributed by atoms with van der Waals surface area (Å²) < 4.78 is 0. The number of hydrogen-bond donors (Lipinski definition) is 0. The summed E-state index contributed by atoms with van der Waals surface area (Å²) in [7, 11) is 0. The van der Waals surface area contributed by atoms with Crippen LogP contribution in [-0.4, -0.2) is 0 Å². The first-order valence-electron chi connectivity index (χ1n) is 6.05. The van der Waals surface area contributed by atoms with Crippen LogP contribution in [0.4, 0.5) is 0 Å². The topological polar surface area (TPSA) is 23.8 Å². The van der Waals surface area contributed by atoms with Crippen LogP contribution in [0.15, 0.2) is 24.3 Å². The highest BCUT2D eigenvalue weighted by Gasteiger charge is 2.35. The van der Waals surface area contributed by atoms with Crippen molar-refractivity contribution < 1.29 is 0 Å². The normalized spacial score (nSPS) is 14.5. The Hall–Kier alpha value is -1.29. The van der Waals surface area contributed by atoms with Crippen molar-refractivity contribution in [1.29, 1.82) is 5.26 Å². The van der Waals surface area contributed by atoms with E-state index in [-0.39, 0.29) is 5.41 Å². The standard InChI is InChI=1S/C15H21N/c1-5-10-15(11-16,12(2)3)14-9-7-6-8-13(14)4/h6-9,12H,5,10H2,1-4H3. The van der Waals surface area contributed by atoms with Gasteiger partial charge in [-0.15, -0.1) is 0 Å². The summed E-state index contributed by atoms with van der Waals surface area (Å²) in [6, 6.07) is 10.8. The van der Waals surface area contributed by atoms with Crippen LogP contribution in [0.3, 0.4) is 0 Å². The zero-order chi connectivity index (χ0) is 12.2.